The first-order valence-electron chi connectivity index (χ1n) is 2.56. The van der Waals surface area contributed by atoms with Gasteiger partial charge >= 0.3 is 0 Å². The molecular formula is C7H5OP. The Morgan fingerprint density at radius 3 is 2.44 bits per heavy atom. The highest BCUT2D eigenvalue weighted by Crippen LogP contribution is 1.92. The number of benzene rings is 1. The van der Waals surface area contributed by atoms with Crippen molar-refractivity contribution in [3.8, 4) is 0 Å². The largest absolute Gasteiger partial charge is 0.228 e. The molecule has 0 saturated carbocycles. The van der Waals surface area contributed by atoms with Gasteiger partial charge in [0.2, 0.25) is 0 Å². The molecule has 0 saturated heterocycles. The molecule has 0 atom stereocenters. The van der Waals surface area contributed by atoms with Gasteiger partial charge in [-0.2, -0.15) is 0 Å². The quantitative estimate of drug-likeness (QED) is 0.532. The number of hydrogen-bond donors (Lipinski definition) is 0. The maximum Gasteiger partial charge on any atom is 0.155 e. The third kappa shape index (κ3) is 1.81. The lowest BCUT2D eigenvalue weighted by atomic mass is 10.4. The van der Waals surface area contributed by atoms with Crippen molar-refractivity contribution in [1.82, 2.24) is 0 Å². The summed E-state index contributed by atoms with van der Waals surface area (Å²) in [5.41, 5.74) is 1.81. The third-order valence-corrected chi connectivity index (χ3v) is 1.58. The molecule has 0 aliphatic carbocycles. The number of hydrogen-bond acceptors (Lipinski definition) is 1. The van der Waals surface area contributed by atoms with E-state index in [1.807, 2.05) is 30.3 Å². The molecule has 1 aromatic carbocycles. The van der Waals surface area contributed by atoms with E-state index in [4.69, 9.17) is 0 Å². The molecule has 0 bridgehead atoms. The summed E-state index contributed by atoms with van der Waals surface area (Å²) in [6.07, 6.45) is 0. The topological polar surface area (TPSA) is 17.1 Å². The Balaban J connectivity index is 2.97. The Hall–Kier alpha value is -0.900. The molecule has 0 radical (unpaired) electrons. The summed E-state index contributed by atoms with van der Waals surface area (Å²) in [7, 11) is 0.626. The van der Waals surface area contributed by atoms with Gasteiger partial charge in [0, 0.05) is 13.5 Å². The fraction of sp³-hybridized carbons (Fsp3) is 0. The molecule has 0 unspecified atom stereocenters. The van der Waals surface area contributed by atoms with Crippen molar-refractivity contribution in [2.45, 2.75) is 0 Å². The van der Waals surface area contributed by atoms with E-state index in [9.17, 15) is 4.79 Å². The summed E-state index contributed by atoms with van der Waals surface area (Å²) in [5.74, 6) is 0. The van der Waals surface area contributed by atoms with Crippen molar-refractivity contribution in [2.75, 3.05) is 0 Å². The third-order valence-electron chi connectivity index (χ3n) is 0.931. The minimum atomic E-state index is 0.626. The molecule has 0 aliphatic rings. The van der Waals surface area contributed by atoms with E-state index in [1.54, 1.807) is 5.66 Å². The van der Waals surface area contributed by atoms with E-state index < -0.39 is 0 Å². The standard InChI is InChI=1S/C7H5OP/c8-6-9-7-4-2-1-3-5-7/h1-5H. The van der Waals surface area contributed by atoms with E-state index >= 15 is 0 Å². The van der Waals surface area contributed by atoms with Crippen LogP contribution in [0.1, 0.15) is 0 Å². The first kappa shape index (κ1) is 6.22. The van der Waals surface area contributed by atoms with Gasteiger partial charge in [-0.3, -0.25) is 0 Å². The normalized spacial score (nSPS) is 8.89. The average Bonchev–Trinajstić information content (AvgIpc) is 1.91. The predicted octanol–water partition coefficient (Wildman–Crippen LogP) is 1.33. The van der Waals surface area contributed by atoms with Crippen molar-refractivity contribution in [1.29, 1.82) is 0 Å². The number of carbonyl (C=O) groups excluding carboxylic acids is 1. The monoisotopic (exact) mass is 136 g/mol. The van der Waals surface area contributed by atoms with E-state index in [0.717, 1.165) is 5.30 Å². The fourth-order valence-electron chi connectivity index (χ4n) is 0.555. The minimum absolute atomic E-state index is 0.626. The lowest BCUT2D eigenvalue weighted by Crippen LogP contribution is -1.85. The van der Waals surface area contributed by atoms with Crippen LogP contribution in [0.25, 0.3) is 0 Å². The van der Waals surface area contributed by atoms with E-state index in [0.29, 0.717) is 8.20 Å². The summed E-state index contributed by atoms with van der Waals surface area (Å²) in [6.45, 7) is 0. The van der Waals surface area contributed by atoms with Gasteiger partial charge in [-0.05, 0) is 12.1 Å². The maximum atomic E-state index is 9.84. The minimum Gasteiger partial charge on any atom is -0.228 e. The van der Waals surface area contributed by atoms with Crippen LogP contribution in [0, 0.1) is 0 Å². The van der Waals surface area contributed by atoms with Crippen molar-refractivity contribution in [3.63, 3.8) is 0 Å². The van der Waals surface area contributed by atoms with Crippen LogP contribution in [-0.2, 0) is 4.79 Å². The molecule has 1 nitrogen and oxygen atoms in total. The first-order valence-corrected chi connectivity index (χ1v) is 3.46. The summed E-state index contributed by atoms with van der Waals surface area (Å²) in [6, 6.07) is 9.52. The zero-order valence-electron chi connectivity index (χ0n) is 4.74. The Kier molecular flexibility index (Phi) is 2.21. The molecular weight excluding hydrogens is 131 g/mol. The molecule has 0 amide bonds. The molecule has 0 N–H and O–H groups in total. The summed E-state index contributed by atoms with van der Waals surface area (Å²) in [4.78, 5) is 9.84. The van der Waals surface area contributed by atoms with Gasteiger partial charge in [-0.1, -0.05) is 18.2 Å². The second-order valence-corrected chi connectivity index (χ2v) is 2.46. The average molecular weight is 136 g/mol. The molecule has 0 aliphatic heterocycles. The SMILES string of the molecule is O=C=Pc1ccccc1. The summed E-state index contributed by atoms with van der Waals surface area (Å²) < 4.78 is 0. The van der Waals surface area contributed by atoms with Crippen molar-refractivity contribution < 1.29 is 4.79 Å². The molecule has 9 heavy (non-hydrogen) atoms. The van der Waals surface area contributed by atoms with Crippen LogP contribution in [-0.4, -0.2) is 5.66 Å². The molecule has 44 valence electrons. The van der Waals surface area contributed by atoms with Crippen LogP contribution in [0.3, 0.4) is 0 Å². The van der Waals surface area contributed by atoms with Gasteiger partial charge in [-0.15, -0.1) is 0 Å². The Morgan fingerprint density at radius 2 is 1.89 bits per heavy atom. The van der Waals surface area contributed by atoms with Crippen molar-refractivity contribution >= 4 is 19.2 Å². The second kappa shape index (κ2) is 3.19. The van der Waals surface area contributed by atoms with Gasteiger partial charge in [0.05, 0.1) is 0 Å². The molecule has 0 aromatic heterocycles. The van der Waals surface area contributed by atoms with Crippen LogP contribution >= 0.6 is 8.20 Å². The molecule has 0 heterocycles. The van der Waals surface area contributed by atoms with Crippen LogP contribution < -0.4 is 5.30 Å². The van der Waals surface area contributed by atoms with Gasteiger partial charge in [0.1, 0.15) is 0 Å². The van der Waals surface area contributed by atoms with Crippen LogP contribution in [0.5, 0.6) is 0 Å². The number of rotatable bonds is 1. The zero-order valence-corrected chi connectivity index (χ0v) is 5.64. The van der Waals surface area contributed by atoms with Gasteiger partial charge in [0.25, 0.3) is 0 Å². The van der Waals surface area contributed by atoms with Crippen molar-refractivity contribution in [3.05, 3.63) is 30.3 Å². The highest BCUT2D eigenvalue weighted by atomic mass is 31.1. The van der Waals surface area contributed by atoms with Gasteiger partial charge in [-0.25, -0.2) is 4.79 Å². The highest BCUT2D eigenvalue weighted by molar-refractivity contribution is 7.46. The van der Waals surface area contributed by atoms with E-state index in [2.05, 4.69) is 0 Å². The zero-order chi connectivity index (χ0) is 6.53. The van der Waals surface area contributed by atoms with Gasteiger partial charge < -0.3 is 0 Å². The van der Waals surface area contributed by atoms with E-state index in [-0.39, 0.29) is 0 Å². The van der Waals surface area contributed by atoms with Crippen molar-refractivity contribution in [2.24, 2.45) is 0 Å². The molecule has 0 spiro atoms. The second-order valence-electron chi connectivity index (χ2n) is 1.54. The Labute approximate surface area is 55.1 Å². The molecule has 1 aromatic rings. The molecule has 0 fully saturated rings. The highest BCUT2D eigenvalue weighted by Gasteiger charge is 1.80. The smallest absolute Gasteiger partial charge is 0.155 e. The van der Waals surface area contributed by atoms with Crippen LogP contribution in [0.15, 0.2) is 30.3 Å². The lowest BCUT2D eigenvalue weighted by Gasteiger charge is -1.82. The Morgan fingerprint density at radius 1 is 1.22 bits per heavy atom. The predicted molar refractivity (Wildman–Crippen MR) is 38.7 cm³/mol. The summed E-state index contributed by atoms with van der Waals surface area (Å²) in [5, 5.41) is 0.993. The first-order chi connectivity index (χ1) is 4.43. The molecule has 2 heteroatoms. The summed E-state index contributed by atoms with van der Waals surface area (Å²) >= 11 is 0. The maximum absolute atomic E-state index is 9.84. The Bertz CT molecular complexity index is 224. The van der Waals surface area contributed by atoms with Crippen LogP contribution in [0.2, 0.25) is 0 Å². The lowest BCUT2D eigenvalue weighted by molar-refractivity contribution is 0.572. The fourth-order valence-corrected chi connectivity index (χ4v) is 0.982. The van der Waals surface area contributed by atoms with Gasteiger partial charge in [0.15, 0.2) is 5.66 Å². The van der Waals surface area contributed by atoms with E-state index in [1.165, 1.54) is 0 Å². The molecule has 1 rings (SSSR count). The van der Waals surface area contributed by atoms with Crippen LogP contribution in [0.4, 0.5) is 0 Å².